The molecule has 0 bridgehead atoms. The Morgan fingerprint density at radius 2 is 1.80 bits per heavy atom. The van der Waals surface area contributed by atoms with Gasteiger partial charge in [0.15, 0.2) is 0 Å². The van der Waals surface area contributed by atoms with Crippen molar-refractivity contribution in [3.63, 3.8) is 0 Å². The second-order valence-corrected chi connectivity index (χ2v) is 7.31. The van der Waals surface area contributed by atoms with Crippen LogP contribution in [0.5, 0.6) is 5.75 Å². The van der Waals surface area contributed by atoms with E-state index in [1.54, 1.807) is 12.3 Å². The molecule has 150 valence electrons. The number of benzene rings is 2. The summed E-state index contributed by atoms with van der Waals surface area (Å²) in [4.78, 5) is 5.00. The Bertz CT molecular complexity index is 1180. The first kappa shape index (κ1) is 21.6. The molecule has 0 aliphatic heterocycles. The van der Waals surface area contributed by atoms with E-state index >= 15 is 0 Å². The van der Waals surface area contributed by atoms with Crippen molar-refractivity contribution in [2.75, 3.05) is 0 Å². The molecule has 0 radical (unpaired) electrons. The lowest BCUT2D eigenvalue weighted by atomic mass is 10.0. The summed E-state index contributed by atoms with van der Waals surface area (Å²) in [6, 6.07) is 12.6. The molecule has 3 nitrogen and oxygen atoms in total. The van der Waals surface area contributed by atoms with Gasteiger partial charge in [0.05, 0.1) is 10.7 Å². The number of hydrogen-bond donors (Lipinski definition) is 0. The number of ether oxygens (including phenoxy) is 1. The van der Waals surface area contributed by atoms with Crippen LogP contribution in [0, 0.1) is 29.4 Å². The molecular weight excluding hydrogens is 433 g/mol. The Balaban J connectivity index is 1.80. The van der Waals surface area contributed by atoms with Gasteiger partial charge in [0.2, 0.25) is 0 Å². The highest BCUT2D eigenvalue weighted by atomic mass is 35.5. The van der Waals surface area contributed by atoms with E-state index in [1.807, 2.05) is 30.5 Å². The van der Waals surface area contributed by atoms with E-state index < -0.39 is 6.36 Å². The van der Waals surface area contributed by atoms with Crippen molar-refractivity contribution in [1.29, 1.82) is 5.26 Å². The fourth-order valence-corrected chi connectivity index (χ4v) is 3.30. The van der Waals surface area contributed by atoms with E-state index in [0.29, 0.717) is 21.2 Å². The highest BCUT2D eigenvalue weighted by Crippen LogP contribution is 2.30. The molecule has 0 saturated carbocycles. The molecule has 8 heteroatoms. The number of aromatic nitrogens is 1. The number of halogens is 4. The number of nitrogens with zero attached hydrogens (tertiary/aromatic N) is 2. The number of alkyl halides is 3. The molecule has 0 amide bonds. The third-order valence-electron chi connectivity index (χ3n) is 3.91. The van der Waals surface area contributed by atoms with Crippen LogP contribution < -0.4 is 4.74 Å². The maximum atomic E-state index is 12.2. The summed E-state index contributed by atoms with van der Waals surface area (Å²) < 4.78 is 40.5. The predicted octanol–water partition coefficient (Wildman–Crippen LogP) is 6.58. The summed E-state index contributed by atoms with van der Waals surface area (Å²) in [5, 5.41) is 11.1. The second kappa shape index (κ2) is 9.13. The summed E-state index contributed by atoms with van der Waals surface area (Å²) in [5.41, 5.74) is 3.63. The van der Waals surface area contributed by atoms with Crippen LogP contribution in [0.4, 0.5) is 13.2 Å². The Labute approximate surface area is 180 Å². The Hall–Kier alpha value is -3.13. The van der Waals surface area contributed by atoms with Gasteiger partial charge in [-0.05, 0) is 66.7 Å². The minimum Gasteiger partial charge on any atom is -0.406 e. The smallest absolute Gasteiger partial charge is 0.406 e. The van der Waals surface area contributed by atoms with E-state index in [1.165, 1.54) is 24.3 Å². The average molecular weight is 445 g/mol. The van der Waals surface area contributed by atoms with Gasteiger partial charge in [0, 0.05) is 27.8 Å². The van der Waals surface area contributed by atoms with Crippen LogP contribution in [0.3, 0.4) is 0 Å². The number of thiocyanates is 1. The molecule has 1 aromatic heterocycles. The number of rotatable bonds is 3. The zero-order valence-corrected chi connectivity index (χ0v) is 17.0. The van der Waals surface area contributed by atoms with Crippen LogP contribution in [0.25, 0.3) is 11.3 Å². The molecule has 0 spiro atoms. The molecule has 0 saturated heterocycles. The zero-order valence-electron chi connectivity index (χ0n) is 15.4. The van der Waals surface area contributed by atoms with Crippen molar-refractivity contribution in [2.24, 2.45) is 0 Å². The monoisotopic (exact) mass is 444 g/mol. The van der Waals surface area contributed by atoms with E-state index in [9.17, 15) is 13.2 Å². The van der Waals surface area contributed by atoms with Gasteiger partial charge in [-0.3, -0.25) is 4.98 Å². The maximum absolute atomic E-state index is 12.2. The van der Waals surface area contributed by atoms with Crippen molar-refractivity contribution >= 4 is 23.4 Å². The van der Waals surface area contributed by atoms with E-state index in [0.717, 1.165) is 28.5 Å². The highest BCUT2D eigenvalue weighted by molar-refractivity contribution is 8.03. The summed E-state index contributed by atoms with van der Waals surface area (Å²) in [5.74, 6) is 5.64. The molecule has 1 heterocycles. The zero-order chi connectivity index (χ0) is 21.7. The number of nitriles is 1. The van der Waals surface area contributed by atoms with Gasteiger partial charge in [-0.15, -0.1) is 13.2 Å². The molecule has 0 unspecified atom stereocenters. The van der Waals surface area contributed by atoms with Crippen molar-refractivity contribution < 1.29 is 17.9 Å². The first-order valence-corrected chi connectivity index (χ1v) is 9.65. The van der Waals surface area contributed by atoms with Crippen LogP contribution in [0.2, 0.25) is 5.02 Å². The quantitative estimate of drug-likeness (QED) is 0.260. The third-order valence-corrected chi connectivity index (χ3v) is 4.75. The molecule has 30 heavy (non-hydrogen) atoms. The van der Waals surface area contributed by atoms with E-state index in [-0.39, 0.29) is 5.75 Å². The van der Waals surface area contributed by atoms with Crippen molar-refractivity contribution in [3.05, 3.63) is 76.4 Å². The van der Waals surface area contributed by atoms with Crippen LogP contribution in [0.1, 0.15) is 16.7 Å². The summed E-state index contributed by atoms with van der Waals surface area (Å²) in [7, 11) is 0. The molecule has 0 atom stereocenters. The fourth-order valence-electron chi connectivity index (χ4n) is 2.57. The fraction of sp³-hybridized carbons (Fsp3) is 0.0909. The third kappa shape index (κ3) is 5.70. The first-order chi connectivity index (χ1) is 14.2. The first-order valence-electron chi connectivity index (χ1n) is 8.45. The number of hydrogen-bond acceptors (Lipinski definition) is 4. The number of thioether (sulfide) groups is 1. The Morgan fingerprint density at radius 1 is 1.07 bits per heavy atom. The van der Waals surface area contributed by atoms with Crippen LogP contribution in [-0.2, 0) is 0 Å². The van der Waals surface area contributed by atoms with Gasteiger partial charge in [-0.1, -0.05) is 29.5 Å². The van der Waals surface area contributed by atoms with Crippen LogP contribution in [-0.4, -0.2) is 11.3 Å². The minimum atomic E-state index is -4.72. The van der Waals surface area contributed by atoms with Crippen LogP contribution >= 0.6 is 23.4 Å². The average Bonchev–Trinajstić information content (AvgIpc) is 2.67. The largest absolute Gasteiger partial charge is 0.573 e. The van der Waals surface area contributed by atoms with E-state index in [4.69, 9.17) is 16.9 Å². The molecule has 0 aliphatic carbocycles. The van der Waals surface area contributed by atoms with Crippen molar-refractivity contribution in [3.8, 4) is 34.2 Å². The molecule has 0 aliphatic rings. The van der Waals surface area contributed by atoms with Crippen molar-refractivity contribution in [2.45, 2.75) is 18.2 Å². The maximum Gasteiger partial charge on any atom is 0.573 e. The molecule has 0 N–H and O–H groups in total. The highest BCUT2D eigenvalue weighted by Gasteiger charge is 2.30. The molecular formula is C22H12ClF3N2OS. The van der Waals surface area contributed by atoms with Gasteiger partial charge in [-0.2, -0.15) is 5.26 Å². The van der Waals surface area contributed by atoms with Crippen LogP contribution in [0.15, 0.2) is 59.6 Å². The van der Waals surface area contributed by atoms with Gasteiger partial charge >= 0.3 is 6.36 Å². The molecule has 3 rings (SSSR count). The molecule has 3 aromatic rings. The lowest BCUT2D eigenvalue weighted by molar-refractivity contribution is -0.274. The van der Waals surface area contributed by atoms with E-state index in [2.05, 4.69) is 21.6 Å². The summed E-state index contributed by atoms with van der Waals surface area (Å²) in [6.07, 6.45) is -3.14. The SMILES string of the molecule is Cc1cc(-c2ncc(SC#N)cc2Cl)ccc1C#Cc1ccc(OC(F)(F)F)cc1. The predicted molar refractivity (Wildman–Crippen MR) is 110 cm³/mol. The second-order valence-electron chi connectivity index (χ2n) is 6.05. The van der Waals surface area contributed by atoms with Gasteiger partial charge in [-0.25, -0.2) is 0 Å². The lowest BCUT2D eigenvalue weighted by Crippen LogP contribution is -2.16. The standard InChI is InChI=1S/C22H12ClF3N2OS/c1-14-10-17(21-20(23)11-19(12-28-21)30-13-27)7-6-16(14)5-2-15-3-8-18(9-4-15)29-22(24,25)26/h3-4,6-12H,1H3. The normalized spacial score (nSPS) is 10.7. The molecule has 2 aromatic carbocycles. The molecule has 0 fully saturated rings. The number of aryl methyl sites for hydroxylation is 1. The minimum absolute atomic E-state index is 0.294. The van der Waals surface area contributed by atoms with Crippen molar-refractivity contribution in [1.82, 2.24) is 4.98 Å². The van der Waals surface area contributed by atoms with Gasteiger partial charge < -0.3 is 4.74 Å². The summed E-state index contributed by atoms with van der Waals surface area (Å²) >= 11 is 7.28. The summed E-state index contributed by atoms with van der Waals surface area (Å²) in [6.45, 7) is 1.89. The van der Waals surface area contributed by atoms with Gasteiger partial charge in [0.25, 0.3) is 0 Å². The Kier molecular flexibility index (Phi) is 6.56. The van der Waals surface area contributed by atoms with Gasteiger partial charge in [0.1, 0.15) is 11.2 Å². The lowest BCUT2D eigenvalue weighted by Gasteiger charge is -2.08. The number of pyridine rings is 1. The topological polar surface area (TPSA) is 45.9 Å². The Morgan fingerprint density at radius 3 is 2.40 bits per heavy atom.